The predicted molar refractivity (Wildman–Crippen MR) is 226 cm³/mol. The van der Waals surface area contributed by atoms with Gasteiger partial charge in [0.25, 0.3) is 0 Å². The highest BCUT2D eigenvalue weighted by Crippen LogP contribution is 2.48. The van der Waals surface area contributed by atoms with Crippen LogP contribution >= 0.6 is 0 Å². The summed E-state index contributed by atoms with van der Waals surface area (Å²) in [6.45, 7) is 17.6. The molecule has 0 saturated heterocycles. The fraction of sp³-hybridized carbons (Fsp3) is 0.160. The lowest BCUT2D eigenvalue weighted by atomic mass is 9.93. The van der Waals surface area contributed by atoms with E-state index in [9.17, 15) is 0 Å². The maximum absolute atomic E-state index is 2.47. The summed E-state index contributed by atoms with van der Waals surface area (Å²) in [5.74, 6) is 0. The molecule has 256 valence electrons. The minimum atomic E-state index is 1.17. The van der Waals surface area contributed by atoms with Gasteiger partial charge < -0.3 is 9.80 Å². The lowest BCUT2D eigenvalue weighted by Gasteiger charge is -2.31. The van der Waals surface area contributed by atoms with E-state index in [1.165, 1.54) is 111 Å². The van der Waals surface area contributed by atoms with Crippen molar-refractivity contribution in [3.05, 3.63) is 178 Å². The molecule has 0 bridgehead atoms. The van der Waals surface area contributed by atoms with Crippen LogP contribution in [-0.2, 0) is 0 Å². The first kappa shape index (κ1) is 33.3. The largest absolute Gasteiger partial charge is 0.310 e. The highest BCUT2D eigenvalue weighted by atomic mass is 15.2. The van der Waals surface area contributed by atoms with Crippen molar-refractivity contribution in [1.82, 2.24) is 0 Å². The van der Waals surface area contributed by atoms with Crippen molar-refractivity contribution >= 4 is 66.4 Å². The molecule has 0 unspecified atom stereocenters. The molecular weight excluding hydrogens is 629 g/mol. The Hall–Kier alpha value is -5.86. The van der Waals surface area contributed by atoms with E-state index in [0.29, 0.717) is 0 Å². The van der Waals surface area contributed by atoms with Crippen molar-refractivity contribution in [3.8, 4) is 0 Å². The minimum Gasteiger partial charge on any atom is -0.310 e. The van der Waals surface area contributed by atoms with E-state index in [1.54, 1.807) is 0 Å². The summed E-state index contributed by atoms with van der Waals surface area (Å²) in [4.78, 5) is 4.95. The zero-order valence-electron chi connectivity index (χ0n) is 31.6. The summed E-state index contributed by atoms with van der Waals surface area (Å²) < 4.78 is 0. The van der Waals surface area contributed by atoms with Gasteiger partial charge in [-0.2, -0.15) is 0 Å². The van der Waals surface area contributed by atoms with E-state index in [1.807, 2.05) is 0 Å². The molecule has 8 aromatic carbocycles. The van der Waals surface area contributed by atoms with Gasteiger partial charge in [0.2, 0.25) is 0 Å². The third kappa shape index (κ3) is 6.09. The van der Waals surface area contributed by atoms with Gasteiger partial charge in [-0.25, -0.2) is 0 Å². The van der Waals surface area contributed by atoms with Crippen LogP contribution in [0.5, 0.6) is 0 Å². The van der Waals surface area contributed by atoms with Crippen LogP contribution in [0.4, 0.5) is 34.1 Å². The van der Waals surface area contributed by atoms with Crippen LogP contribution in [0, 0.1) is 55.4 Å². The second kappa shape index (κ2) is 13.0. The first-order chi connectivity index (χ1) is 25.0. The van der Waals surface area contributed by atoms with Gasteiger partial charge in [0.05, 0.1) is 11.4 Å². The van der Waals surface area contributed by atoms with Gasteiger partial charge in [0, 0.05) is 33.5 Å². The van der Waals surface area contributed by atoms with Gasteiger partial charge in [-0.15, -0.1) is 0 Å². The topological polar surface area (TPSA) is 6.48 Å². The van der Waals surface area contributed by atoms with E-state index in [2.05, 4.69) is 199 Å². The quantitative estimate of drug-likeness (QED) is 0.162. The molecule has 0 aliphatic carbocycles. The van der Waals surface area contributed by atoms with Gasteiger partial charge >= 0.3 is 0 Å². The summed E-state index contributed by atoms with van der Waals surface area (Å²) in [7, 11) is 0. The number of benzene rings is 8. The highest BCUT2D eigenvalue weighted by Gasteiger charge is 2.23. The average molecular weight is 675 g/mol. The third-order valence-electron chi connectivity index (χ3n) is 10.2. The molecular formula is C50H46N2. The van der Waals surface area contributed by atoms with E-state index in [-0.39, 0.29) is 0 Å². The molecule has 8 rings (SSSR count). The molecule has 0 amide bonds. The number of hydrogen-bond donors (Lipinski definition) is 0. The van der Waals surface area contributed by atoms with E-state index < -0.39 is 0 Å². The first-order valence-corrected chi connectivity index (χ1v) is 18.3. The van der Waals surface area contributed by atoms with Gasteiger partial charge in [-0.1, -0.05) is 72.8 Å². The Labute approximate surface area is 308 Å². The summed E-state index contributed by atoms with van der Waals surface area (Å²) in [5.41, 5.74) is 17.1. The Bertz CT molecular complexity index is 2310. The number of hydrogen-bond acceptors (Lipinski definition) is 2. The Morgan fingerprint density at radius 1 is 0.250 bits per heavy atom. The van der Waals surface area contributed by atoms with Crippen molar-refractivity contribution in [1.29, 1.82) is 0 Å². The summed E-state index contributed by atoms with van der Waals surface area (Å²) in [6, 6.07) is 50.4. The molecule has 0 aliphatic rings. The normalized spacial score (nSPS) is 11.5. The first-order valence-electron chi connectivity index (χ1n) is 18.3. The smallest absolute Gasteiger partial charge is 0.0546 e. The molecule has 0 spiro atoms. The fourth-order valence-electron chi connectivity index (χ4n) is 8.46. The minimum absolute atomic E-state index is 1.17. The fourth-order valence-corrected chi connectivity index (χ4v) is 8.46. The zero-order valence-corrected chi connectivity index (χ0v) is 31.6. The maximum Gasteiger partial charge on any atom is 0.0546 e. The SMILES string of the molecule is Cc1cc(C)cc(N(c2cc(C)cc(C)c2)c2cc3c4ccccc4c(N(c4cc(C)cc(C)c4)c4cc(C)cc(C)c4)cc3c3ccccc23)c1. The molecule has 0 aliphatic heterocycles. The molecule has 2 nitrogen and oxygen atoms in total. The van der Waals surface area contributed by atoms with Crippen molar-refractivity contribution in [2.24, 2.45) is 0 Å². The summed E-state index contributed by atoms with van der Waals surface area (Å²) >= 11 is 0. The molecule has 0 radical (unpaired) electrons. The Morgan fingerprint density at radius 3 is 0.731 bits per heavy atom. The second-order valence-electron chi connectivity index (χ2n) is 15.0. The van der Waals surface area contributed by atoms with Crippen LogP contribution in [0.25, 0.3) is 32.3 Å². The third-order valence-corrected chi connectivity index (χ3v) is 10.2. The van der Waals surface area contributed by atoms with E-state index in [4.69, 9.17) is 0 Å². The van der Waals surface area contributed by atoms with Gasteiger partial charge in [-0.3, -0.25) is 0 Å². The lowest BCUT2D eigenvalue weighted by Crippen LogP contribution is -2.13. The number of aryl methyl sites for hydroxylation is 8. The van der Waals surface area contributed by atoms with E-state index in [0.717, 1.165) is 0 Å². The Morgan fingerprint density at radius 2 is 0.481 bits per heavy atom. The Balaban J connectivity index is 1.49. The standard InChI is InChI=1S/C50H46N2/c1-31-17-32(2)22-39(21-31)51(40-23-33(3)18-34(4)24-40)49-29-47-44-14-10-12-16-46(44)50(30-48(47)43-13-9-11-15-45(43)49)52(41-25-35(5)19-36(6)26-41)42-27-37(7)20-38(8)28-42/h9-30H,1-8H3. The average Bonchev–Trinajstić information content (AvgIpc) is 3.07. The van der Waals surface area contributed by atoms with E-state index >= 15 is 0 Å². The predicted octanol–water partition coefficient (Wildman–Crippen LogP) is 14.6. The van der Waals surface area contributed by atoms with Crippen LogP contribution in [0.2, 0.25) is 0 Å². The molecule has 52 heavy (non-hydrogen) atoms. The maximum atomic E-state index is 2.47. The molecule has 0 fully saturated rings. The number of rotatable bonds is 6. The Kier molecular flexibility index (Phi) is 8.35. The van der Waals surface area contributed by atoms with Crippen LogP contribution in [0.3, 0.4) is 0 Å². The van der Waals surface area contributed by atoms with Crippen LogP contribution in [0.1, 0.15) is 44.5 Å². The van der Waals surface area contributed by atoms with Crippen LogP contribution < -0.4 is 9.80 Å². The van der Waals surface area contributed by atoms with Crippen molar-refractivity contribution in [2.75, 3.05) is 9.80 Å². The summed E-state index contributed by atoms with van der Waals surface area (Å²) in [6.07, 6.45) is 0. The van der Waals surface area contributed by atoms with Crippen molar-refractivity contribution < 1.29 is 0 Å². The molecule has 8 aromatic rings. The molecule has 0 heterocycles. The molecule has 2 heteroatoms. The molecule has 0 aromatic heterocycles. The number of fused-ring (bicyclic) bond motifs is 5. The summed E-state index contributed by atoms with van der Waals surface area (Å²) in [5, 5.41) is 7.40. The van der Waals surface area contributed by atoms with Crippen LogP contribution in [-0.4, -0.2) is 0 Å². The highest BCUT2D eigenvalue weighted by molar-refractivity contribution is 6.24. The molecule has 0 atom stereocenters. The molecule has 0 N–H and O–H groups in total. The van der Waals surface area contributed by atoms with Crippen LogP contribution in [0.15, 0.2) is 133 Å². The zero-order chi connectivity index (χ0) is 36.3. The second-order valence-corrected chi connectivity index (χ2v) is 15.0. The lowest BCUT2D eigenvalue weighted by molar-refractivity contribution is 1.24. The monoisotopic (exact) mass is 674 g/mol. The number of anilines is 6. The van der Waals surface area contributed by atoms with Gasteiger partial charge in [0.1, 0.15) is 0 Å². The van der Waals surface area contributed by atoms with Crippen molar-refractivity contribution in [2.45, 2.75) is 55.4 Å². The van der Waals surface area contributed by atoms with Gasteiger partial charge in [0.15, 0.2) is 0 Å². The molecule has 0 saturated carbocycles. The van der Waals surface area contributed by atoms with Crippen molar-refractivity contribution in [3.63, 3.8) is 0 Å². The van der Waals surface area contributed by atoms with Gasteiger partial charge in [-0.05, 0) is 182 Å². The number of nitrogens with zero attached hydrogens (tertiary/aromatic N) is 2.